The van der Waals surface area contributed by atoms with Crippen LogP contribution >= 0.6 is 0 Å². The van der Waals surface area contributed by atoms with E-state index >= 15 is 0 Å². The molecule has 6 aliphatic heterocycles. The van der Waals surface area contributed by atoms with Gasteiger partial charge in [-0.15, -0.1) is 0 Å². The van der Waals surface area contributed by atoms with Gasteiger partial charge in [-0.3, -0.25) is 5.32 Å². The molecule has 10 aliphatic rings. The van der Waals surface area contributed by atoms with Gasteiger partial charge >= 0.3 is 0 Å². The van der Waals surface area contributed by atoms with Crippen LogP contribution in [0.2, 0.25) is 0 Å². The smallest absolute Gasteiger partial charge is 0.187 e. The van der Waals surface area contributed by atoms with Crippen molar-refractivity contribution in [3.63, 3.8) is 0 Å². The van der Waals surface area contributed by atoms with Crippen molar-refractivity contribution < 1.29 is 98.8 Å². The van der Waals surface area contributed by atoms with Crippen LogP contribution in [0.4, 0.5) is 0 Å². The van der Waals surface area contributed by atoms with E-state index in [9.17, 15) is 56.2 Å². The number of nitrogens with one attached hydrogen (secondary N) is 1. The number of hydrogen-bond donors (Lipinski definition) is 12. The molecule has 4 saturated carbocycles. The number of piperidine rings is 1. The predicted molar refractivity (Wildman–Crippen MR) is 247 cm³/mol. The summed E-state index contributed by atoms with van der Waals surface area (Å²) in [7, 11) is 0. The maximum atomic E-state index is 11.8. The van der Waals surface area contributed by atoms with E-state index in [0.29, 0.717) is 47.5 Å². The molecule has 0 radical (unpaired) electrons. The molecule has 0 aromatic rings. The molecule has 10 fully saturated rings. The van der Waals surface area contributed by atoms with Gasteiger partial charge in [-0.05, 0) is 111 Å². The molecule has 31 atom stereocenters. The summed E-state index contributed by atoms with van der Waals surface area (Å²) in [5.41, 5.74) is 0.174. The molecule has 6 saturated heterocycles. The number of ether oxygens (including phenoxy) is 9. The van der Waals surface area contributed by atoms with Gasteiger partial charge in [0.15, 0.2) is 25.2 Å². The minimum atomic E-state index is -1.95. The van der Waals surface area contributed by atoms with Crippen molar-refractivity contribution in [2.45, 2.75) is 227 Å². The first-order valence-corrected chi connectivity index (χ1v) is 27.2. The van der Waals surface area contributed by atoms with Crippen LogP contribution in [0.5, 0.6) is 0 Å². The molecule has 1 spiro atoms. The zero-order chi connectivity index (χ0) is 51.3. The van der Waals surface area contributed by atoms with Gasteiger partial charge in [0.2, 0.25) is 0 Å². The number of aliphatic hydroxyl groups excluding tert-OH is 11. The maximum absolute atomic E-state index is 11.8. The van der Waals surface area contributed by atoms with Crippen molar-refractivity contribution in [1.82, 2.24) is 5.32 Å². The first kappa shape index (κ1) is 54.5. The Labute approximate surface area is 421 Å². The summed E-state index contributed by atoms with van der Waals surface area (Å²) >= 11 is 0. The fourth-order valence-corrected chi connectivity index (χ4v) is 16.2. The van der Waals surface area contributed by atoms with Gasteiger partial charge in [-0.25, -0.2) is 0 Å². The van der Waals surface area contributed by atoms with Crippen LogP contribution in [-0.2, 0) is 42.6 Å². The molecule has 21 heteroatoms. The average molecular weight is 1030 g/mol. The Balaban J connectivity index is 0.812. The molecule has 12 N–H and O–H groups in total. The molecule has 0 amide bonds. The van der Waals surface area contributed by atoms with Crippen LogP contribution in [0, 0.1) is 58.2 Å². The van der Waals surface area contributed by atoms with Gasteiger partial charge in [-0.2, -0.15) is 0 Å². The zero-order valence-corrected chi connectivity index (χ0v) is 42.4. The highest BCUT2D eigenvalue weighted by Gasteiger charge is 2.69. The van der Waals surface area contributed by atoms with Gasteiger partial charge in [0.05, 0.1) is 44.7 Å². The molecular formula is C51H85NO20. The average Bonchev–Trinajstić information content (AvgIpc) is 3.82. The topological polar surface area (TPSA) is 318 Å². The molecule has 1 unspecified atom stereocenters. The Bertz CT molecular complexity index is 1830. The second-order valence-electron chi connectivity index (χ2n) is 24.4. The van der Waals surface area contributed by atoms with E-state index < -0.39 is 136 Å². The first-order valence-electron chi connectivity index (χ1n) is 27.2. The van der Waals surface area contributed by atoms with Crippen LogP contribution in [0.15, 0.2) is 0 Å². The number of fused-ring (bicyclic) bond motifs is 7. The normalized spacial score (nSPS) is 57.8. The molecule has 4 aliphatic carbocycles. The van der Waals surface area contributed by atoms with Crippen LogP contribution in [-0.4, -0.2) is 218 Å². The maximum Gasteiger partial charge on any atom is 0.187 e. The van der Waals surface area contributed by atoms with E-state index in [2.05, 4.69) is 33.0 Å². The lowest BCUT2D eigenvalue weighted by atomic mass is 9.44. The largest absolute Gasteiger partial charge is 0.394 e. The van der Waals surface area contributed by atoms with Crippen molar-refractivity contribution in [3.8, 4) is 0 Å². The Morgan fingerprint density at radius 2 is 1.19 bits per heavy atom. The Morgan fingerprint density at radius 1 is 0.556 bits per heavy atom. The third-order valence-electron chi connectivity index (χ3n) is 20.6. The molecule has 0 aromatic heterocycles. The standard InChI is InChI=1S/C51H85NO20/c1-21-8-13-51(52-16-21)23(3)34-30(72-51)15-28-26-7-6-24-14-25(9-11-49(24,4)27(26)10-12-50(28,34)5)65-46-41(63)39(61)42(33(19-55)68-46)69-48-44(71-47-40(62)38(60)36(58)31(17-53)66-47)43(37(59)32(18-54)67-48)70-45-35(57)22(2)29(56)20-64-45/h21-48,52-63H,6-20H2,1-5H3/t21-,22-,23-,24-,25-,26+,27-,28-,29+,30-,31+,32+,33+,34-,35+,36+,37+,38-,39+,40+,41+,42-,43-,44+,45?,46+,47-,48+,49-,50-,51-/m0/s1. The Morgan fingerprint density at radius 3 is 1.90 bits per heavy atom. The second-order valence-corrected chi connectivity index (χ2v) is 24.4. The van der Waals surface area contributed by atoms with Crippen molar-refractivity contribution in [2.24, 2.45) is 58.2 Å². The summed E-state index contributed by atoms with van der Waals surface area (Å²) < 4.78 is 55.6. The van der Waals surface area contributed by atoms with Gasteiger partial charge < -0.3 is 98.8 Å². The van der Waals surface area contributed by atoms with Crippen molar-refractivity contribution in [2.75, 3.05) is 33.0 Å². The molecule has 0 aromatic carbocycles. The van der Waals surface area contributed by atoms with Crippen molar-refractivity contribution >= 4 is 0 Å². The number of rotatable bonds is 11. The van der Waals surface area contributed by atoms with E-state index in [1.165, 1.54) is 19.3 Å². The molecule has 21 nitrogen and oxygen atoms in total. The summed E-state index contributed by atoms with van der Waals surface area (Å²) in [4.78, 5) is 0. The lowest BCUT2D eigenvalue weighted by molar-refractivity contribution is -0.403. The monoisotopic (exact) mass is 1030 g/mol. The lowest BCUT2D eigenvalue weighted by Gasteiger charge is -2.61. The van der Waals surface area contributed by atoms with Gasteiger partial charge in [0.1, 0.15) is 85.1 Å². The molecular weight excluding hydrogens is 947 g/mol. The summed E-state index contributed by atoms with van der Waals surface area (Å²) in [6, 6.07) is 0. The van der Waals surface area contributed by atoms with Crippen LogP contribution in [0.1, 0.15) is 98.8 Å². The van der Waals surface area contributed by atoms with Gasteiger partial charge in [-0.1, -0.05) is 34.6 Å². The fraction of sp³-hybridized carbons (Fsp3) is 1.00. The Kier molecular flexibility index (Phi) is 16.0. The SMILES string of the molecule is C[C@H]1CC[C@]2(NC1)O[C@H]1C[C@H]3[C@@H]4CC[C@H]5C[C@@H](O[C@@H]6O[C@H](CO)[C@H](O[C@H]7O[C@H](CO)[C@@H](O)[C@H](OC8OC[C@@H](O)[C@H](C)[C@H]8O)[C@H]7O[C@@H]7O[C@H](CO)[C@@H](O)[C@H](O)[C@H]7O)[C@H](O)[C@H]6O)CC[C@]5(C)[C@H]4CC[C@]3(C)[C@H]1[C@@H]2C. The molecule has 414 valence electrons. The van der Waals surface area contributed by atoms with E-state index in [1.54, 1.807) is 6.92 Å². The molecule has 72 heavy (non-hydrogen) atoms. The fourth-order valence-electron chi connectivity index (χ4n) is 16.2. The van der Waals surface area contributed by atoms with E-state index in [0.717, 1.165) is 51.5 Å². The van der Waals surface area contributed by atoms with E-state index in [4.69, 9.17) is 42.6 Å². The summed E-state index contributed by atoms with van der Waals surface area (Å²) in [6.45, 7) is 9.79. The summed E-state index contributed by atoms with van der Waals surface area (Å²) in [6.07, 6.45) is -18.7. The van der Waals surface area contributed by atoms with Gasteiger partial charge in [0, 0.05) is 18.4 Å². The second kappa shape index (κ2) is 21.1. The van der Waals surface area contributed by atoms with Crippen LogP contribution in [0.3, 0.4) is 0 Å². The van der Waals surface area contributed by atoms with Crippen LogP contribution in [0.25, 0.3) is 0 Å². The molecule has 0 bridgehead atoms. The molecule has 6 heterocycles. The highest BCUT2D eigenvalue weighted by molar-refractivity contribution is 5.16. The van der Waals surface area contributed by atoms with Crippen molar-refractivity contribution in [1.29, 1.82) is 0 Å². The van der Waals surface area contributed by atoms with E-state index in [1.807, 2.05) is 0 Å². The van der Waals surface area contributed by atoms with Gasteiger partial charge in [0.25, 0.3) is 0 Å². The summed E-state index contributed by atoms with van der Waals surface area (Å²) in [5, 5.41) is 124. The zero-order valence-electron chi connectivity index (χ0n) is 42.4. The highest BCUT2D eigenvalue weighted by Crippen LogP contribution is 2.71. The highest BCUT2D eigenvalue weighted by atomic mass is 16.8. The number of aliphatic hydroxyl groups is 11. The number of hydrogen-bond acceptors (Lipinski definition) is 21. The predicted octanol–water partition coefficient (Wildman–Crippen LogP) is -1.42. The Hall–Kier alpha value is -0.840. The quantitative estimate of drug-likeness (QED) is 0.106. The third kappa shape index (κ3) is 9.27. The van der Waals surface area contributed by atoms with E-state index in [-0.39, 0.29) is 29.3 Å². The molecule has 10 rings (SSSR count). The minimum Gasteiger partial charge on any atom is -0.394 e. The van der Waals surface area contributed by atoms with Crippen molar-refractivity contribution in [3.05, 3.63) is 0 Å². The summed E-state index contributed by atoms with van der Waals surface area (Å²) in [5.74, 6) is 3.18. The first-order chi connectivity index (χ1) is 34.3. The third-order valence-corrected chi connectivity index (χ3v) is 20.6. The van der Waals surface area contributed by atoms with Crippen LogP contribution < -0.4 is 5.32 Å². The minimum absolute atomic E-state index is 0.116. The lowest BCUT2D eigenvalue weighted by Crippen LogP contribution is -2.68.